The Morgan fingerprint density at radius 1 is 1.16 bits per heavy atom. The Bertz CT molecular complexity index is 721. The highest BCUT2D eigenvalue weighted by Gasteiger charge is 2.19. The molecular formula is C13H8ClFN2OS. The monoisotopic (exact) mass is 294 g/mol. The zero-order valence-electron chi connectivity index (χ0n) is 9.56. The molecule has 3 nitrogen and oxygen atoms in total. The summed E-state index contributed by atoms with van der Waals surface area (Å²) in [5.41, 5.74) is 7.23. The Labute approximate surface area is 117 Å². The molecule has 0 bridgehead atoms. The molecule has 0 amide bonds. The van der Waals surface area contributed by atoms with E-state index < -0.39 is 0 Å². The third kappa shape index (κ3) is 2.22. The third-order valence-corrected chi connectivity index (χ3v) is 3.88. The smallest absolute Gasteiger partial charge is 0.186 e. The summed E-state index contributed by atoms with van der Waals surface area (Å²) in [6.45, 7) is 0. The van der Waals surface area contributed by atoms with Crippen molar-refractivity contribution >= 4 is 28.8 Å². The number of rotatable bonds is 2. The molecule has 6 heteroatoms. The van der Waals surface area contributed by atoms with Crippen LogP contribution in [0.25, 0.3) is 21.8 Å². The molecule has 2 heterocycles. The lowest BCUT2D eigenvalue weighted by atomic mass is 10.1. The van der Waals surface area contributed by atoms with Gasteiger partial charge in [0.15, 0.2) is 11.6 Å². The van der Waals surface area contributed by atoms with Crippen LogP contribution in [-0.2, 0) is 0 Å². The first-order valence-electron chi connectivity index (χ1n) is 5.42. The number of benzene rings is 1. The number of nitrogens with two attached hydrogens (primary N) is 1. The van der Waals surface area contributed by atoms with Gasteiger partial charge in [-0.1, -0.05) is 28.9 Å². The van der Waals surface area contributed by atoms with Crippen LogP contribution < -0.4 is 5.73 Å². The van der Waals surface area contributed by atoms with Gasteiger partial charge in [-0.15, -0.1) is 11.3 Å². The predicted octanol–water partition coefficient (Wildman–Crippen LogP) is 4.44. The van der Waals surface area contributed by atoms with E-state index in [9.17, 15) is 4.39 Å². The van der Waals surface area contributed by atoms with Crippen LogP contribution in [0.1, 0.15) is 0 Å². The first-order chi connectivity index (χ1) is 9.15. The highest BCUT2D eigenvalue weighted by atomic mass is 35.5. The minimum atomic E-state index is -0.306. The number of anilines is 1. The largest absolute Gasteiger partial charge is 0.380 e. The van der Waals surface area contributed by atoms with Crippen LogP contribution in [0.2, 0.25) is 4.34 Å². The van der Waals surface area contributed by atoms with E-state index in [1.54, 1.807) is 18.2 Å². The summed E-state index contributed by atoms with van der Waals surface area (Å²) in [7, 11) is 0. The summed E-state index contributed by atoms with van der Waals surface area (Å²) in [6.07, 6.45) is 0. The van der Waals surface area contributed by atoms with E-state index in [2.05, 4.69) is 5.16 Å². The average Bonchev–Trinajstić information content (AvgIpc) is 2.97. The summed E-state index contributed by atoms with van der Waals surface area (Å²) in [6, 6.07) is 9.61. The predicted molar refractivity (Wildman–Crippen MR) is 74.6 cm³/mol. The van der Waals surface area contributed by atoms with Gasteiger partial charge in [-0.05, 0) is 29.8 Å². The Morgan fingerprint density at radius 2 is 1.89 bits per heavy atom. The molecule has 0 aliphatic rings. The normalized spacial score (nSPS) is 10.8. The average molecular weight is 295 g/mol. The highest BCUT2D eigenvalue weighted by Crippen LogP contribution is 2.40. The lowest BCUT2D eigenvalue weighted by Gasteiger charge is -2.00. The van der Waals surface area contributed by atoms with Crippen LogP contribution in [0.15, 0.2) is 40.9 Å². The molecule has 3 aromatic rings. The number of halogens is 2. The molecule has 2 N–H and O–H groups in total. The molecule has 0 radical (unpaired) electrons. The number of nitrogens with zero attached hydrogens (tertiary/aromatic N) is 1. The zero-order valence-corrected chi connectivity index (χ0v) is 11.1. The fraction of sp³-hybridized carbons (Fsp3) is 0. The van der Waals surface area contributed by atoms with Gasteiger partial charge in [0.05, 0.1) is 14.8 Å². The van der Waals surface area contributed by atoms with Crippen molar-refractivity contribution in [3.05, 3.63) is 46.6 Å². The van der Waals surface area contributed by atoms with Crippen LogP contribution in [0.3, 0.4) is 0 Å². The Hall–Kier alpha value is -1.85. The molecule has 19 heavy (non-hydrogen) atoms. The van der Waals surface area contributed by atoms with Crippen LogP contribution in [0.4, 0.5) is 10.2 Å². The third-order valence-electron chi connectivity index (χ3n) is 2.65. The number of hydrogen-bond donors (Lipinski definition) is 1. The summed E-state index contributed by atoms with van der Waals surface area (Å²) in [5.74, 6) is 0.506. The van der Waals surface area contributed by atoms with Crippen molar-refractivity contribution in [1.82, 2.24) is 5.16 Å². The Morgan fingerprint density at radius 3 is 2.53 bits per heavy atom. The van der Waals surface area contributed by atoms with Gasteiger partial charge in [-0.25, -0.2) is 4.39 Å². The van der Waals surface area contributed by atoms with E-state index >= 15 is 0 Å². The van der Waals surface area contributed by atoms with E-state index in [0.29, 0.717) is 15.7 Å². The molecule has 0 atom stereocenters. The minimum Gasteiger partial charge on any atom is -0.380 e. The van der Waals surface area contributed by atoms with Gasteiger partial charge in [0.2, 0.25) is 0 Å². The van der Waals surface area contributed by atoms with Crippen molar-refractivity contribution < 1.29 is 8.91 Å². The minimum absolute atomic E-state index is 0.270. The molecule has 0 saturated heterocycles. The summed E-state index contributed by atoms with van der Waals surface area (Å²) in [4.78, 5) is 0.827. The maximum absolute atomic E-state index is 13.0. The standard InChI is InChI=1S/C13H8ClFN2OS/c14-10-6-5-9(19-10)12-11(13(16)17-18-12)7-1-3-8(15)4-2-7/h1-6H,(H2,16,17). The van der Waals surface area contributed by atoms with Gasteiger partial charge in [-0.3, -0.25) is 0 Å². The number of hydrogen-bond acceptors (Lipinski definition) is 4. The van der Waals surface area contributed by atoms with Gasteiger partial charge < -0.3 is 10.3 Å². The maximum atomic E-state index is 13.0. The molecule has 0 unspecified atom stereocenters. The quantitative estimate of drug-likeness (QED) is 0.760. The van der Waals surface area contributed by atoms with Gasteiger partial charge in [0.1, 0.15) is 5.82 Å². The van der Waals surface area contributed by atoms with Gasteiger partial charge in [0.25, 0.3) is 0 Å². The van der Waals surface area contributed by atoms with Crippen molar-refractivity contribution in [3.63, 3.8) is 0 Å². The van der Waals surface area contributed by atoms with E-state index in [0.717, 1.165) is 10.4 Å². The van der Waals surface area contributed by atoms with Gasteiger partial charge in [-0.2, -0.15) is 0 Å². The maximum Gasteiger partial charge on any atom is 0.186 e. The van der Waals surface area contributed by atoms with E-state index in [-0.39, 0.29) is 11.6 Å². The lowest BCUT2D eigenvalue weighted by Crippen LogP contribution is -1.88. The molecule has 2 aromatic heterocycles. The molecule has 1 aromatic carbocycles. The van der Waals surface area contributed by atoms with Crippen molar-refractivity contribution in [2.75, 3.05) is 5.73 Å². The topological polar surface area (TPSA) is 52.0 Å². The molecule has 3 rings (SSSR count). The molecular weight excluding hydrogens is 287 g/mol. The second-order valence-electron chi connectivity index (χ2n) is 3.88. The van der Waals surface area contributed by atoms with Gasteiger partial charge >= 0.3 is 0 Å². The summed E-state index contributed by atoms with van der Waals surface area (Å²) >= 11 is 7.28. The Kier molecular flexibility index (Phi) is 3.00. The summed E-state index contributed by atoms with van der Waals surface area (Å²) < 4.78 is 18.9. The Balaban J connectivity index is 2.16. The molecule has 0 aliphatic carbocycles. The van der Waals surface area contributed by atoms with Crippen LogP contribution in [0.5, 0.6) is 0 Å². The van der Waals surface area contributed by atoms with Crippen LogP contribution in [-0.4, -0.2) is 5.16 Å². The van der Waals surface area contributed by atoms with E-state index in [1.807, 2.05) is 6.07 Å². The number of aromatic nitrogens is 1. The van der Waals surface area contributed by atoms with Crippen molar-refractivity contribution in [1.29, 1.82) is 0 Å². The molecule has 0 aliphatic heterocycles. The SMILES string of the molecule is Nc1noc(-c2ccc(Cl)s2)c1-c1ccc(F)cc1. The molecule has 96 valence electrons. The fourth-order valence-electron chi connectivity index (χ4n) is 1.80. The van der Waals surface area contributed by atoms with E-state index in [1.165, 1.54) is 23.5 Å². The second kappa shape index (κ2) is 4.68. The first-order valence-corrected chi connectivity index (χ1v) is 6.61. The summed E-state index contributed by atoms with van der Waals surface area (Å²) in [5, 5.41) is 3.77. The highest BCUT2D eigenvalue weighted by molar-refractivity contribution is 7.19. The van der Waals surface area contributed by atoms with Gasteiger partial charge in [0, 0.05) is 0 Å². The fourth-order valence-corrected chi connectivity index (χ4v) is 2.83. The number of thiophene rings is 1. The molecule has 0 spiro atoms. The van der Waals surface area contributed by atoms with Crippen molar-refractivity contribution in [2.24, 2.45) is 0 Å². The van der Waals surface area contributed by atoms with Crippen LogP contribution in [0, 0.1) is 5.82 Å². The number of nitrogen functional groups attached to an aromatic ring is 1. The van der Waals surface area contributed by atoms with Crippen molar-refractivity contribution in [2.45, 2.75) is 0 Å². The van der Waals surface area contributed by atoms with Crippen molar-refractivity contribution in [3.8, 4) is 21.8 Å². The lowest BCUT2D eigenvalue weighted by molar-refractivity contribution is 0.437. The molecule has 0 fully saturated rings. The van der Waals surface area contributed by atoms with Crippen LogP contribution >= 0.6 is 22.9 Å². The second-order valence-corrected chi connectivity index (χ2v) is 5.60. The molecule has 0 saturated carbocycles. The first kappa shape index (κ1) is 12.2. The zero-order chi connectivity index (χ0) is 13.4. The van der Waals surface area contributed by atoms with E-state index in [4.69, 9.17) is 21.9 Å².